The monoisotopic (exact) mass is 322 g/mol. The summed E-state index contributed by atoms with van der Waals surface area (Å²) in [6.07, 6.45) is 3.15. The number of aromatic nitrogens is 7. The number of rotatable bonds is 6. The highest BCUT2D eigenvalue weighted by molar-refractivity contribution is 5.85. The van der Waals surface area contributed by atoms with E-state index in [1.54, 1.807) is 6.20 Å². The predicted octanol–water partition coefficient (Wildman–Crippen LogP) is 1.66. The number of hydrogen-bond acceptors (Lipinski definition) is 7. The lowest BCUT2D eigenvalue weighted by atomic mass is 10.3. The lowest BCUT2D eigenvalue weighted by molar-refractivity contribution is 0.296. The molecule has 1 aromatic carbocycles. The van der Waals surface area contributed by atoms with Gasteiger partial charge >= 0.3 is 0 Å². The standard InChI is InChI=1S/C15H14N8O/c1-2-4-10(5-3-1)24-8-13-20-12(21-22-13)7-16-14-11-6-19-23-15(11)18-9-17-14/h1-6,9H,7-8H2,(H,20,21,22)(H2,16,17,18,19,23). The van der Waals surface area contributed by atoms with E-state index >= 15 is 0 Å². The molecule has 3 heterocycles. The molecule has 0 radical (unpaired) electrons. The Morgan fingerprint density at radius 1 is 1.08 bits per heavy atom. The molecule has 0 amide bonds. The van der Waals surface area contributed by atoms with Gasteiger partial charge < -0.3 is 10.1 Å². The average Bonchev–Trinajstić information content (AvgIpc) is 3.28. The predicted molar refractivity (Wildman–Crippen MR) is 86.2 cm³/mol. The van der Waals surface area contributed by atoms with Crippen LogP contribution in [0.5, 0.6) is 5.75 Å². The summed E-state index contributed by atoms with van der Waals surface area (Å²) >= 11 is 0. The minimum atomic E-state index is 0.330. The lowest BCUT2D eigenvalue weighted by Gasteiger charge is -2.03. The van der Waals surface area contributed by atoms with Crippen molar-refractivity contribution >= 4 is 16.9 Å². The van der Waals surface area contributed by atoms with Gasteiger partial charge in [0.05, 0.1) is 18.1 Å². The number of para-hydroxylation sites is 1. The Hall–Kier alpha value is -3.49. The van der Waals surface area contributed by atoms with E-state index in [-0.39, 0.29) is 0 Å². The molecule has 3 aromatic heterocycles. The van der Waals surface area contributed by atoms with Gasteiger partial charge in [-0.3, -0.25) is 10.2 Å². The maximum atomic E-state index is 5.63. The van der Waals surface area contributed by atoms with Crippen LogP contribution in [0.1, 0.15) is 11.6 Å². The van der Waals surface area contributed by atoms with Crippen molar-refractivity contribution in [2.75, 3.05) is 5.32 Å². The van der Waals surface area contributed by atoms with Gasteiger partial charge in [0.25, 0.3) is 0 Å². The van der Waals surface area contributed by atoms with Gasteiger partial charge in [0.1, 0.15) is 24.5 Å². The van der Waals surface area contributed by atoms with Crippen LogP contribution < -0.4 is 10.1 Å². The molecule has 9 nitrogen and oxygen atoms in total. The minimum absolute atomic E-state index is 0.330. The van der Waals surface area contributed by atoms with Crippen molar-refractivity contribution in [2.24, 2.45) is 0 Å². The van der Waals surface area contributed by atoms with Gasteiger partial charge in [0.2, 0.25) is 0 Å². The third-order valence-electron chi connectivity index (χ3n) is 3.36. The first-order chi connectivity index (χ1) is 11.9. The highest BCUT2D eigenvalue weighted by Gasteiger charge is 2.08. The molecule has 0 aliphatic carbocycles. The molecule has 0 unspecified atom stereocenters. The third-order valence-corrected chi connectivity index (χ3v) is 3.36. The van der Waals surface area contributed by atoms with Crippen molar-refractivity contribution in [3.63, 3.8) is 0 Å². The zero-order valence-electron chi connectivity index (χ0n) is 12.6. The summed E-state index contributed by atoms with van der Waals surface area (Å²) in [6.45, 7) is 0.760. The molecule has 0 aliphatic rings. The molecule has 9 heteroatoms. The Morgan fingerprint density at radius 3 is 2.92 bits per heavy atom. The minimum Gasteiger partial charge on any atom is -0.486 e. The van der Waals surface area contributed by atoms with Gasteiger partial charge in [-0.1, -0.05) is 18.2 Å². The largest absolute Gasteiger partial charge is 0.486 e. The number of nitrogens with one attached hydrogen (secondary N) is 3. The van der Waals surface area contributed by atoms with E-state index in [0.29, 0.717) is 36.3 Å². The molecule has 4 aromatic rings. The summed E-state index contributed by atoms with van der Waals surface area (Å²) in [5, 5.41) is 17.8. The lowest BCUT2D eigenvalue weighted by Crippen LogP contribution is -2.04. The molecule has 4 rings (SSSR count). The maximum Gasteiger partial charge on any atom is 0.169 e. The van der Waals surface area contributed by atoms with Gasteiger partial charge in [-0.25, -0.2) is 15.0 Å². The number of benzene rings is 1. The summed E-state index contributed by atoms with van der Waals surface area (Å²) in [5.74, 6) is 2.75. The summed E-state index contributed by atoms with van der Waals surface area (Å²) < 4.78 is 5.63. The fourth-order valence-corrected chi connectivity index (χ4v) is 2.22. The molecule has 0 saturated carbocycles. The molecular weight excluding hydrogens is 308 g/mol. The topological polar surface area (TPSA) is 117 Å². The van der Waals surface area contributed by atoms with E-state index in [1.165, 1.54) is 6.33 Å². The van der Waals surface area contributed by atoms with Crippen LogP contribution in [0.4, 0.5) is 5.82 Å². The van der Waals surface area contributed by atoms with Gasteiger partial charge in [-0.15, -0.1) is 0 Å². The Bertz CT molecular complexity index is 933. The second-order valence-corrected chi connectivity index (χ2v) is 5.01. The second-order valence-electron chi connectivity index (χ2n) is 5.01. The summed E-state index contributed by atoms with van der Waals surface area (Å²) in [6, 6.07) is 9.57. The van der Waals surface area contributed by atoms with Crippen molar-refractivity contribution in [2.45, 2.75) is 13.2 Å². The number of aromatic amines is 2. The van der Waals surface area contributed by atoms with Gasteiger partial charge in [0, 0.05) is 0 Å². The number of ether oxygens (including phenoxy) is 1. The van der Waals surface area contributed by atoms with Crippen LogP contribution in [-0.4, -0.2) is 35.3 Å². The van der Waals surface area contributed by atoms with E-state index in [1.807, 2.05) is 30.3 Å². The van der Waals surface area contributed by atoms with Crippen LogP contribution in [0.25, 0.3) is 11.0 Å². The summed E-state index contributed by atoms with van der Waals surface area (Å²) in [7, 11) is 0. The van der Waals surface area contributed by atoms with Crippen molar-refractivity contribution in [3.05, 3.63) is 54.5 Å². The molecule has 0 spiro atoms. The fraction of sp³-hybridized carbons (Fsp3) is 0.133. The normalized spacial score (nSPS) is 10.8. The number of H-pyrrole nitrogens is 2. The molecular formula is C15H14N8O. The number of hydrogen-bond donors (Lipinski definition) is 3. The molecule has 0 atom stereocenters. The Kier molecular flexibility index (Phi) is 3.72. The van der Waals surface area contributed by atoms with Gasteiger partial charge in [-0.05, 0) is 12.1 Å². The molecule has 3 N–H and O–H groups in total. The maximum absolute atomic E-state index is 5.63. The van der Waals surface area contributed by atoms with E-state index < -0.39 is 0 Å². The number of fused-ring (bicyclic) bond motifs is 1. The Labute approximate surface area is 136 Å². The van der Waals surface area contributed by atoms with Crippen LogP contribution in [-0.2, 0) is 13.2 Å². The van der Waals surface area contributed by atoms with E-state index in [0.717, 1.165) is 11.1 Å². The highest BCUT2D eigenvalue weighted by atomic mass is 16.5. The first-order valence-electron chi connectivity index (χ1n) is 7.34. The van der Waals surface area contributed by atoms with Gasteiger partial charge in [0.15, 0.2) is 17.3 Å². The Morgan fingerprint density at radius 2 is 2.00 bits per heavy atom. The number of nitrogens with zero attached hydrogens (tertiary/aromatic N) is 5. The molecule has 120 valence electrons. The van der Waals surface area contributed by atoms with E-state index in [9.17, 15) is 0 Å². The fourth-order valence-electron chi connectivity index (χ4n) is 2.22. The number of anilines is 1. The first kappa shape index (κ1) is 14.1. The molecule has 0 fully saturated rings. The quantitative estimate of drug-likeness (QED) is 0.494. The van der Waals surface area contributed by atoms with Crippen molar-refractivity contribution < 1.29 is 4.74 Å². The summed E-state index contributed by atoms with van der Waals surface area (Å²) in [5.41, 5.74) is 0.680. The van der Waals surface area contributed by atoms with Crippen LogP contribution >= 0.6 is 0 Å². The average molecular weight is 322 g/mol. The molecule has 24 heavy (non-hydrogen) atoms. The van der Waals surface area contributed by atoms with Crippen LogP contribution in [0.2, 0.25) is 0 Å². The SMILES string of the molecule is c1ccc(OCc2nc(CNc3ncnc4[nH]ncc34)n[nH]2)cc1. The van der Waals surface area contributed by atoms with Crippen LogP contribution in [0.15, 0.2) is 42.9 Å². The van der Waals surface area contributed by atoms with E-state index in [4.69, 9.17) is 4.74 Å². The highest BCUT2D eigenvalue weighted by Crippen LogP contribution is 2.16. The summed E-state index contributed by atoms with van der Waals surface area (Å²) in [4.78, 5) is 12.7. The second kappa shape index (κ2) is 6.32. The van der Waals surface area contributed by atoms with Crippen molar-refractivity contribution in [3.8, 4) is 5.75 Å². The zero-order chi connectivity index (χ0) is 16.2. The molecule has 0 bridgehead atoms. The third kappa shape index (κ3) is 3.00. The van der Waals surface area contributed by atoms with Gasteiger partial charge in [-0.2, -0.15) is 10.2 Å². The Balaban J connectivity index is 1.38. The molecule has 0 aliphatic heterocycles. The van der Waals surface area contributed by atoms with Crippen LogP contribution in [0, 0.1) is 0 Å². The zero-order valence-corrected chi connectivity index (χ0v) is 12.6. The van der Waals surface area contributed by atoms with Crippen molar-refractivity contribution in [1.29, 1.82) is 0 Å². The first-order valence-corrected chi connectivity index (χ1v) is 7.34. The smallest absolute Gasteiger partial charge is 0.169 e. The van der Waals surface area contributed by atoms with Crippen molar-refractivity contribution in [1.82, 2.24) is 35.3 Å². The van der Waals surface area contributed by atoms with Crippen LogP contribution in [0.3, 0.4) is 0 Å². The van der Waals surface area contributed by atoms with E-state index in [2.05, 4.69) is 40.7 Å². The molecule has 0 saturated heterocycles.